The largest absolute Gasteiger partial charge is 0.396 e. The summed E-state index contributed by atoms with van der Waals surface area (Å²) in [5, 5.41) is 17.8. The second kappa shape index (κ2) is 17.5. The SMILES string of the molecule is CCCCCCCCCCC=CN(CCCO)CCCO. The summed E-state index contributed by atoms with van der Waals surface area (Å²) >= 11 is 0. The summed E-state index contributed by atoms with van der Waals surface area (Å²) in [5.74, 6) is 0. The van der Waals surface area contributed by atoms with Crippen molar-refractivity contribution in [3.8, 4) is 0 Å². The number of hydrogen-bond acceptors (Lipinski definition) is 3. The molecule has 0 saturated heterocycles. The van der Waals surface area contributed by atoms with Crippen LogP contribution in [0.1, 0.15) is 77.6 Å². The van der Waals surface area contributed by atoms with E-state index in [-0.39, 0.29) is 13.2 Å². The highest BCUT2D eigenvalue weighted by Crippen LogP contribution is 2.10. The van der Waals surface area contributed by atoms with Gasteiger partial charge in [0.1, 0.15) is 0 Å². The molecule has 3 nitrogen and oxygen atoms in total. The Bertz CT molecular complexity index is 211. The van der Waals surface area contributed by atoms with Crippen LogP contribution >= 0.6 is 0 Å². The van der Waals surface area contributed by atoms with Gasteiger partial charge in [-0.3, -0.25) is 0 Å². The van der Waals surface area contributed by atoms with Gasteiger partial charge in [-0.1, -0.05) is 57.9 Å². The van der Waals surface area contributed by atoms with Crippen LogP contribution in [0, 0.1) is 0 Å². The van der Waals surface area contributed by atoms with E-state index in [1.807, 2.05) is 0 Å². The Hall–Kier alpha value is -0.540. The summed E-state index contributed by atoms with van der Waals surface area (Å²) in [6, 6.07) is 0. The summed E-state index contributed by atoms with van der Waals surface area (Å²) in [6.07, 6.45) is 18.0. The predicted molar refractivity (Wildman–Crippen MR) is 91.3 cm³/mol. The molecule has 0 spiro atoms. The Labute approximate surface area is 132 Å². The van der Waals surface area contributed by atoms with Gasteiger partial charge in [-0.15, -0.1) is 0 Å². The molecule has 0 amide bonds. The molecule has 0 saturated carbocycles. The van der Waals surface area contributed by atoms with Gasteiger partial charge in [-0.25, -0.2) is 0 Å². The maximum atomic E-state index is 8.89. The summed E-state index contributed by atoms with van der Waals surface area (Å²) in [7, 11) is 0. The second-order valence-electron chi connectivity index (χ2n) is 5.84. The lowest BCUT2D eigenvalue weighted by molar-refractivity contribution is 0.236. The van der Waals surface area contributed by atoms with Gasteiger partial charge in [0.05, 0.1) is 0 Å². The molecule has 0 aliphatic heterocycles. The number of hydrogen-bond donors (Lipinski definition) is 2. The smallest absolute Gasteiger partial charge is 0.0447 e. The molecule has 0 bridgehead atoms. The van der Waals surface area contributed by atoms with E-state index in [0.717, 1.165) is 32.4 Å². The molecule has 21 heavy (non-hydrogen) atoms. The van der Waals surface area contributed by atoms with Gasteiger partial charge < -0.3 is 15.1 Å². The molecule has 0 rings (SSSR count). The van der Waals surface area contributed by atoms with Crippen molar-refractivity contribution >= 4 is 0 Å². The lowest BCUT2D eigenvalue weighted by Crippen LogP contribution is -2.21. The zero-order chi connectivity index (χ0) is 15.6. The van der Waals surface area contributed by atoms with E-state index in [1.165, 1.54) is 51.4 Å². The summed E-state index contributed by atoms with van der Waals surface area (Å²) < 4.78 is 0. The van der Waals surface area contributed by atoms with Crippen LogP contribution < -0.4 is 0 Å². The number of aliphatic hydroxyl groups is 2. The Balaban J connectivity index is 3.51. The first-order valence-corrected chi connectivity index (χ1v) is 8.97. The van der Waals surface area contributed by atoms with Crippen LogP contribution in [-0.2, 0) is 0 Å². The first-order chi connectivity index (χ1) is 10.3. The van der Waals surface area contributed by atoms with Crippen LogP contribution in [0.15, 0.2) is 12.3 Å². The van der Waals surface area contributed by atoms with Crippen LogP contribution in [0.4, 0.5) is 0 Å². The molecule has 2 N–H and O–H groups in total. The van der Waals surface area contributed by atoms with Crippen LogP contribution in [0.2, 0.25) is 0 Å². The third-order valence-electron chi connectivity index (χ3n) is 3.75. The maximum Gasteiger partial charge on any atom is 0.0447 e. The van der Waals surface area contributed by atoms with Crippen molar-refractivity contribution in [3.05, 3.63) is 12.3 Å². The molecule has 3 heteroatoms. The van der Waals surface area contributed by atoms with Gasteiger partial charge >= 0.3 is 0 Å². The Morgan fingerprint density at radius 3 is 1.76 bits per heavy atom. The van der Waals surface area contributed by atoms with Crippen molar-refractivity contribution in [2.75, 3.05) is 26.3 Å². The van der Waals surface area contributed by atoms with Crippen molar-refractivity contribution in [2.24, 2.45) is 0 Å². The number of unbranched alkanes of at least 4 members (excludes halogenated alkanes) is 8. The zero-order valence-electron chi connectivity index (χ0n) is 14.1. The van der Waals surface area contributed by atoms with Crippen LogP contribution in [-0.4, -0.2) is 41.4 Å². The maximum absolute atomic E-state index is 8.89. The molecule has 0 fully saturated rings. The number of nitrogens with zero attached hydrogens (tertiary/aromatic N) is 1. The molecule has 0 aliphatic carbocycles. The average molecular weight is 299 g/mol. The van der Waals surface area contributed by atoms with Crippen molar-refractivity contribution in [1.29, 1.82) is 0 Å². The van der Waals surface area contributed by atoms with Crippen LogP contribution in [0.5, 0.6) is 0 Å². The van der Waals surface area contributed by atoms with Crippen molar-refractivity contribution in [2.45, 2.75) is 77.6 Å². The van der Waals surface area contributed by atoms with Gasteiger partial charge in [-0.2, -0.15) is 0 Å². The standard InChI is InChI=1S/C18H37NO2/c1-2-3-4-5-6-7-8-9-10-11-14-19(15-12-17-20)16-13-18-21/h11,14,20-21H,2-10,12-13,15-18H2,1H3. The second-order valence-corrected chi connectivity index (χ2v) is 5.84. The molecule has 0 aromatic heterocycles. The van der Waals surface area contributed by atoms with Crippen molar-refractivity contribution < 1.29 is 10.2 Å². The lowest BCUT2D eigenvalue weighted by atomic mass is 10.1. The van der Waals surface area contributed by atoms with Crippen LogP contribution in [0.25, 0.3) is 0 Å². The van der Waals surface area contributed by atoms with E-state index in [9.17, 15) is 0 Å². The number of rotatable bonds is 16. The molecular formula is C18H37NO2. The van der Waals surface area contributed by atoms with E-state index in [2.05, 4.69) is 24.1 Å². The molecule has 0 radical (unpaired) electrons. The Morgan fingerprint density at radius 1 is 0.714 bits per heavy atom. The first-order valence-electron chi connectivity index (χ1n) is 8.97. The quantitative estimate of drug-likeness (QED) is 0.422. The molecule has 0 heterocycles. The topological polar surface area (TPSA) is 43.7 Å². The fourth-order valence-corrected chi connectivity index (χ4v) is 2.43. The third kappa shape index (κ3) is 15.7. The molecule has 0 aromatic carbocycles. The van der Waals surface area contributed by atoms with Gasteiger partial charge in [0.15, 0.2) is 0 Å². The molecule has 126 valence electrons. The summed E-state index contributed by atoms with van der Waals surface area (Å²) in [4.78, 5) is 2.21. The van der Waals surface area contributed by atoms with Gasteiger partial charge in [0.2, 0.25) is 0 Å². The van der Waals surface area contributed by atoms with E-state index in [4.69, 9.17) is 10.2 Å². The highest BCUT2D eigenvalue weighted by atomic mass is 16.3. The lowest BCUT2D eigenvalue weighted by Gasteiger charge is -2.19. The minimum absolute atomic E-state index is 0.238. The van der Waals surface area contributed by atoms with E-state index in [1.54, 1.807) is 0 Å². The normalized spacial score (nSPS) is 11.4. The number of aliphatic hydroxyl groups excluding tert-OH is 2. The van der Waals surface area contributed by atoms with Crippen molar-refractivity contribution in [3.63, 3.8) is 0 Å². The first kappa shape index (κ1) is 20.5. The summed E-state index contributed by atoms with van der Waals surface area (Å²) in [5.41, 5.74) is 0. The fourth-order valence-electron chi connectivity index (χ4n) is 2.43. The molecule has 0 atom stereocenters. The highest BCUT2D eigenvalue weighted by molar-refractivity contribution is 4.82. The van der Waals surface area contributed by atoms with Gasteiger partial charge in [0.25, 0.3) is 0 Å². The van der Waals surface area contributed by atoms with Crippen molar-refractivity contribution in [1.82, 2.24) is 4.90 Å². The molecule has 0 aromatic rings. The van der Waals surface area contributed by atoms with E-state index in [0.29, 0.717) is 0 Å². The summed E-state index contributed by atoms with van der Waals surface area (Å²) in [6.45, 7) is 4.49. The van der Waals surface area contributed by atoms with Gasteiger partial charge in [0, 0.05) is 26.3 Å². The fraction of sp³-hybridized carbons (Fsp3) is 0.889. The monoisotopic (exact) mass is 299 g/mol. The number of allylic oxidation sites excluding steroid dienone is 1. The molecular weight excluding hydrogens is 262 g/mol. The minimum atomic E-state index is 0.238. The van der Waals surface area contributed by atoms with Crippen LogP contribution in [0.3, 0.4) is 0 Å². The van der Waals surface area contributed by atoms with Gasteiger partial charge in [-0.05, 0) is 31.9 Å². The zero-order valence-corrected chi connectivity index (χ0v) is 14.1. The Morgan fingerprint density at radius 2 is 1.24 bits per heavy atom. The average Bonchev–Trinajstić information content (AvgIpc) is 2.51. The molecule has 0 aliphatic rings. The highest BCUT2D eigenvalue weighted by Gasteiger charge is 1.98. The molecule has 0 unspecified atom stereocenters. The minimum Gasteiger partial charge on any atom is -0.396 e. The van der Waals surface area contributed by atoms with E-state index < -0.39 is 0 Å². The predicted octanol–water partition coefficient (Wildman–Crippen LogP) is 4.10. The third-order valence-corrected chi connectivity index (χ3v) is 3.75. The Kier molecular flexibility index (Phi) is 17.1. The van der Waals surface area contributed by atoms with E-state index >= 15 is 0 Å².